The van der Waals surface area contributed by atoms with Gasteiger partial charge in [-0.25, -0.2) is 0 Å². The summed E-state index contributed by atoms with van der Waals surface area (Å²) in [7, 11) is 17.2. The fraction of sp³-hybridized carbons (Fsp3) is 0.556. The molecule has 98 valence electrons. The fourth-order valence-electron chi connectivity index (χ4n) is 1.11. The average molecular weight is 350 g/mol. The van der Waals surface area contributed by atoms with E-state index in [-0.39, 0.29) is 0 Å². The predicted molar refractivity (Wildman–Crippen MR) is 71.1 cm³/mol. The zero-order valence-corrected chi connectivity index (χ0v) is 13.2. The third kappa shape index (κ3) is 11.3. The number of nitrogens with zero attached hydrogens (tertiary/aromatic N) is 2. The first-order chi connectivity index (χ1) is 7.36. The van der Waals surface area contributed by atoms with Crippen molar-refractivity contribution in [2.24, 2.45) is 0 Å². The molecule has 0 N–H and O–H groups in total. The Labute approximate surface area is 117 Å². The Morgan fingerprint density at radius 2 is 1.88 bits per heavy atom. The molecule has 1 rings (SSSR count). The standard InChI is InChI=1S/C9H16N2.4ClH.Fe/c1-3-5-6-11-8-7-10(4-2)9-11;;;;;/h4,7-8H,2-3,5-6,9H2,1H3;4*1H;/q;;;;;+4/p-4. The van der Waals surface area contributed by atoms with Gasteiger partial charge in [0, 0.05) is 18.9 Å². The molecule has 0 spiro atoms. The van der Waals surface area contributed by atoms with Crippen LogP contribution in [0.4, 0.5) is 0 Å². The van der Waals surface area contributed by atoms with Crippen LogP contribution in [0.5, 0.6) is 0 Å². The first-order valence-corrected chi connectivity index (χ1v) is 10.8. The minimum atomic E-state index is -2.61. The van der Waals surface area contributed by atoms with Crippen LogP contribution in [0, 0.1) is 0 Å². The second-order valence-electron chi connectivity index (χ2n) is 3.11. The summed E-state index contributed by atoms with van der Waals surface area (Å²) in [5.74, 6) is 0. The minimum absolute atomic E-state index is 0.976. The van der Waals surface area contributed by atoms with Crippen molar-refractivity contribution in [3.8, 4) is 0 Å². The molecule has 7 heteroatoms. The van der Waals surface area contributed by atoms with E-state index >= 15 is 0 Å². The summed E-state index contributed by atoms with van der Waals surface area (Å²) in [4.78, 5) is 4.38. The van der Waals surface area contributed by atoms with Crippen molar-refractivity contribution < 1.29 is 9.20 Å². The van der Waals surface area contributed by atoms with Gasteiger partial charge in [0.05, 0.1) is 6.67 Å². The van der Waals surface area contributed by atoms with E-state index in [1.807, 2.05) is 6.20 Å². The maximum atomic E-state index is 4.95. The van der Waals surface area contributed by atoms with Gasteiger partial charge in [0.25, 0.3) is 0 Å². The van der Waals surface area contributed by atoms with Crippen LogP contribution in [0.1, 0.15) is 19.8 Å². The molecule has 0 unspecified atom stereocenters. The molecule has 0 aromatic heterocycles. The van der Waals surface area contributed by atoms with Crippen LogP contribution in [-0.4, -0.2) is 23.0 Å². The molecule has 1 aliphatic rings. The Hall–Kier alpha value is 0.759. The molecule has 0 amide bonds. The number of halogens is 4. The molecule has 1 heterocycles. The van der Waals surface area contributed by atoms with Gasteiger partial charge in [0.15, 0.2) is 0 Å². The Morgan fingerprint density at radius 3 is 2.25 bits per heavy atom. The van der Waals surface area contributed by atoms with E-state index < -0.39 is 9.20 Å². The van der Waals surface area contributed by atoms with E-state index in [2.05, 4.69) is 35.7 Å². The van der Waals surface area contributed by atoms with Crippen LogP contribution in [0.25, 0.3) is 0 Å². The van der Waals surface area contributed by atoms with E-state index in [4.69, 9.17) is 40.4 Å². The summed E-state index contributed by atoms with van der Waals surface area (Å²) in [5.41, 5.74) is 0. The van der Waals surface area contributed by atoms with Gasteiger partial charge >= 0.3 is 49.6 Å². The van der Waals surface area contributed by atoms with Crippen molar-refractivity contribution in [1.29, 1.82) is 0 Å². The molecule has 0 radical (unpaired) electrons. The molecule has 0 aliphatic carbocycles. The van der Waals surface area contributed by atoms with E-state index in [0.29, 0.717) is 0 Å². The third-order valence-corrected chi connectivity index (χ3v) is 1.85. The summed E-state index contributed by atoms with van der Waals surface area (Å²) in [5, 5.41) is 0. The van der Waals surface area contributed by atoms with Crippen LogP contribution in [0.3, 0.4) is 0 Å². The Morgan fingerprint density at radius 1 is 1.31 bits per heavy atom. The molecule has 16 heavy (non-hydrogen) atoms. The molecule has 0 aromatic carbocycles. The summed E-state index contributed by atoms with van der Waals surface area (Å²) in [6, 6.07) is 0. The molecule has 0 aromatic rings. The SMILES string of the molecule is C=CN1C=CN(CCCC)C1.[Cl][Fe]([Cl])([Cl])[Cl]. The van der Waals surface area contributed by atoms with E-state index in [1.54, 1.807) is 0 Å². The van der Waals surface area contributed by atoms with Crippen molar-refractivity contribution in [3.05, 3.63) is 25.2 Å². The van der Waals surface area contributed by atoms with Crippen LogP contribution < -0.4 is 0 Å². The van der Waals surface area contributed by atoms with E-state index in [0.717, 1.165) is 13.2 Å². The van der Waals surface area contributed by atoms with Gasteiger partial charge in [-0.15, -0.1) is 0 Å². The van der Waals surface area contributed by atoms with Gasteiger partial charge in [0.1, 0.15) is 0 Å². The zero-order valence-electron chi connectivity index (χ0n) is 9.03. The Bertz CT molecular complexity index is 224. The molecule has 0 saturated heterocycles. The second kappa shape index (κ2) is 8.79. The first kappa shape index (κ1) is 16.8. The summed E-state index contributed by atoms with van der Waals surface area (Å²) in [6.45, 7) is 8.06. The van der Waals surface area contributed by atoms with E-state index in [9.17, 15) is 0 Å². The van der Waals surface area contributed by atoms with Crippen molar-refractivity contribution in [2.45, 2.75) is 19.8 Å². The monoisotopic (exact) mass is 348 g/mol. The molecule has 0 atom stereocenters. The van der Waals surface area contributed by atoms with Gasteiger partial charge < -0.3 is 9.80 Å². The van der Waals surface area contributed by atoms with Gasteiger partial charge in [0.2, 0.25) is 0 Å². The third-order valence-electron chi connectivity index (χ3n) is 1.85. The molecule has 0 bridgehead atoms. The zero-order chi connectivity index (χ0) is 12.6. The average Bonchev–Trinajstić information content (AvgIpc) is 2.59. The summed E-state index contributed by atoms with van der Waals surface area (Å²) >= 11 is 0. The van der Waals surface area contributed by atoms with Crippen LogP contribution in [0.15, 0.2) is 25.2 Å². The molecule has 0 saturated carbocycles. The van der Waals surface area contributed by atoms with Crippen molar-refractivity contribution in [2.75, 3.05) is 13.2 Å². The van der Waals surface area contributed by atoms with Crippen molar-refractivity contribution in [3.63, 3.8) is 0 Å². The first-order valence-electron chi connectivity index (χ1n) is 4.71. The van der Waals surface area contributed by atoms with Crippen LogP contribution >= 0.6 is 40.4 Å². The van der Waals surface area contributed by atoms with Crippen molar-refractivity contribution >= 4 is 40.4 Å². The Kier molecular flexibility index (Phi) is 9.21. The molecule has 0 fully saturated rings. The van der Waals surface area contributed by atoms with Crippen molar-refractivity contribution in [1.82, 2.24) is 9.80 Å². The molecular formula is C9H16Cl4FeN2. The fourth-order valence-corrected chi connectivity index (χ4v) is 1.11. The van der Waals surface area contributed by atoms with Gasteiger partial charge in [-0.3, -0.25) is 0 Å². The normalized spacial score (nSPS) is 15.8. The van der Waals surface area contributed by atoms with Gasteiger partial charge in [-0.2, -0.15) is 0 Å². The number of unbranched alkanes of at least 4 members (excludes halogenated alkanes) is 1. The molecule has 1 aliphatic heterocycles. The second-order valence-corrected chi connectivity index (χ2v) is 14.0. The molecule has 2 nitrogen and oxygen atoms in total. The van der Waals surface area contributed by atoms with Crippen LogP contribution in [-0.2, 0) is 9.20 Å². The maximum absolute atomic E-state index is 4.95. The number of rotatable bonds is 4. The van der Waals surface area contributed by atoms with E-state index in [1.165, 1.54) is 12.8 Å². The molecular weight excluding hydrogens is 334 g/mol. The summed E-state index contributed by atoms with van der Waals surface area (Å²) < 4.78 is 0. The quantitative estimate of drug-likeness (QED) is 0.677. The number of hydrogen-bond donors (Lipinski definition) is 0. The predicted octanol–water partition coefficient (Wildman–Crippen LogP) is 4.73. The van der Waals surface area contributed by atoms with Gasteiger partial charge in [-0.05, 0) is 12.6 Å². The van der Waals surface area contributed by atoms with Crippen LogP contribution in [0.2, 0.25) is 0 Å². The Balaban J connectivity index is 0.000000385. The topological polar surface area (TPSA) is 6.48 Å². The number of hydrogen-bond acceptors (Lipinski definition) is 2. The van der Waals surface area contributed by atoms with Gasteiger partial charge in [-0.1, -0.05) is 19.9 Å². The summed E-state index contributed by atoms with van der Waals surface area (Å²) in [6.07, 6.45) is 8.57.